The third-order valence-electron chi connectivity index (χ3n) is 5.98. The summed E-state index contributed by atoms with van der Waals surface area (Å²) in [5.74, 6) is 0. The van der Waals surface area contributed by atoms with E-state index in [1.165, 1.54) is 0 Å². The van der Waals surface area contributed by atoms with E-state index in [1.807, 2.05) is 0 Å². The Kier molecular flexibility index (Phi) is 5.69. The fraction of sp³-hybridized carbons (Fsp3) is 0.900. The fourth-order valence-electron chi connectivity index (χ4n) is 5.66. The molecule has 0 aromatic carbocycles. The van der Waals surface area contributed by atoms with Crippen LogP contribution in [0.5, 0.6) is 0 Å². The van der Waals surface area contributed by atoms with Crippen LogP contribution in [0.2, 0.25) is 63.6 Å². The van der Waals surface area contributed by atoms with Crippen molar-refractivity contribution in [3.63, 3.8) is 0 Å². The average Bonchev–Trinajstić information content (AvgIpc) is 2.14. The molecule has 0 saturated heterocycles. The number of hydrogen-bond donors (Lipinski definition) is 0. The maximum absolute atomic E-state index is 7.54. The molecule has 2 unspecified atom stereocenters. The minimum atomic E-state index is -2.07. The molecule has 1 aliphatic rings. The van der Waals surface area contributed by atoms with Crippen LogP contribution in [-0.2, 0) is 4.12 Å². The standard InChI is InChI=1S/C20H46OSi4/c1-18(2,3)17-16-20(19(4,5)6,22(7,8)9)25(17,24(13,14)15)21-23(10,11)12/h16H,1-15H3. The van der Waals surface area contributed by atoms with Crippen LogP contribution in [0.3, 0.4) is 0 Å². The molecule has 1 nitrogen and oxygen atoms in total. The van der Waals surface area contributed by atoms with Gasteiger partial charge in [-0.3, -0.25) is 0 Å². The second-order valence-corrected chi connectivity index (χ2v) is 37.9. The summed E-state index contributed by atoms with van der Waals surface area (Å²) in [6.45, 7) is 37.6. The van der Waals surface area contributed by atoms with E-state index in [9.17, 15) is 0 Å². The van der Waals surface area contributed by atoms with Crippen molar-refractivity contribution in [3.8, 4) is 0 Å². The van der Waals surface area contributed by atoms with E-state index >= 15 is 0 Å². The second kappa shape index (κ2) is 6.03. The number of allylic oxidation sites excluding steroid dienone is 2. The summed E-state index contributed by atoms with van der Waals surface area (Å²) in [6.07, 6.45) is 2.77. The van der Waals surface area contributed by atoms with Crippen molar-refractivity contribution >= 4 is 31.8 Å². The monoisotopic (exact) mass is 414 g/mol. The summed E-state index contributed by atoms with van der Waals surface area (Å²) in [4.78, 5) is 0. The molecule has 1 aliphatic heterocycles. The van der Waals surface area contributed by atoms with Gasteiger partial charge in [-0.25, -0.2) is 0 Å². The molecule has 0 aromatic heterocycles. The molecule has 148 valence electrons. The van der Waals surface area contributed by atoms with Gasteiger partial charge in [-0.05, 0) is 30.5 Å². The van der Waals surface area contributed by atoms with Crippen molar-refractivity contribution in [1.82, 2.24) is 0 Å². The molecule has 0 aromatic rings. The Bertz CT molecular complexity index is 531. The van der Waals surface area contributed by atoms with Crippen LogP contribution in [0.4, 0.5) is 0 Å². The van der Waals surface area contributed by atoms with Gasteiger partial charge in [-0.1, -0.05) is 92.1 Å². The van der Waals surface area contributed by atoms with Crippen LogP contribution < -0.4 is 0 Å². The highest BCUT2D eigenvalue weighted by molar-refractivity contribution is 7.47. The zero-order valence-corrected chi connectivity index (χ0v) is 24.0. The second-order valence-electron chi connectivity index (χ2n) is 13.3. The summed E-state index contributed by atoms with van der Waals surface area (Å²) in [7, 11) is -6.78. The molecule has 0 fully saturated rings. The first kappa shape index (κ1) is 23.6. The zero-order chi connectivity index (χ0) is 20.5. The predicted octanol–water partition coefficient (Wildman–Crippen LogP) is 7.39. The van der Waals surface area contributed by atoms with Crippen LogP contribution in [0.25, 0.3) is 0 Å². The molecule has 0 N–H and O–H groups in total. The molecule has 1 rings (SSSR count). The molecule has 0 spiro atoms. The zero-order valence-electron chi connectivity index (χ0n) is 20.0. The Morgan fingerprint density at radius 2 is 1.20 bits per heavy atom. The van der Waals surface area contributed by atoms with Crippen LogP contribution in [-0.4, -0.2) is 31.8 Å². The molecular weight excluding hydrogens is 369 g/mol. The summed E-state index contributed by atoms with van der Waals surface area (Å²) >= 11 is 0. The van der Waals surface area contributed by atoms with Crippen LogP contribution in [0.15, 0.2) is 11.3 Å². The van der Waals surface area contributed by atoms with E-state index in [-0.39, 0.29) is 10.8 Å². The SMILES string of the molecule is CC(C)(C)C1=CC(C(C)(C)C)([Si](C)(C)C)[Si]1(O[Si](C)(C)C)[Si](C)(C)C. The van der Waals surface area contributed by atoms with E-state index in [0.29, 0.717) is 4.66 Å². The van der Waals surface area contributed by atoms with Gasteiger partial charge in [0, 0.05) is 4.66 Å². The lowest BCUT2D eigenvalue weighted by Crippen LogP contribution is -2.83. The van der Waals surface area contributed by atoms with Gasteiger partial charge in [-0.15, -0.1) is 0 Å². The lowest BCUT2D eigenvalue weighted by molar-refractivity contribution is 0.315. The van der Waals surface area contributed by atoms with Gasteiger partial charge >= 0.3 is 0 Å². The smallest absolute Gasteiger partial charge is 0.201 e. The molecule has 0 aliphatic carbocycles. The molecule has 5 heteroatoms. The quantitative estimate of drug-likeness (QED) is 0.436. The molecule has 0 radical (unpaired) electrons. The largest absolute Gasteiger partial charge is 0.454 e. The van der Waals surface area contributed by atoms with Crippen molar-refractivity contribution in [2.24, 2.45) is 10.8 Å². The van der Waals surface area contributed by atoms with Crippen molar-refractivity contribution < 1.29 is 4.12 Å². The first-order valence-corrected chi connectivity index (χ1v) is 23.3. The van der Waals surface area contributed by atoms with Gasteiger partial charge in [0.2, 0.25) is 7.83 Å². The molecule has 0 amide bonds. The van der Waals surface area contributed by atoms with Crippen molar-refractivity contribution in [2.75, 3.05) is 0 Å². The van der Waals surface area contributed by atoms with Crippen LogP contribution in [0.1, 0.15) is 41.5 Å². The first-order chi connectivity index (χ1) is 10.5. The molecule has 2 atom stereocenters. The highest BCUT2D eigenvalue weighted by Gasteiger charge is 2.77. The molecule has 25 heavy (non-hydrogen) atoms. The summed E-state index contributed by atoms with van der Waals surface area (Å²) < 4.78 is 7.86. The van der Waals surface area contributed by atoms with Gasteiger partial charge in [0.05, 0.1) is 15.7 Å². The normalized spacial score (nSPS) is 29.3. The molecule has 1 heterocycles. The molecular formula is C20H46OSi4. The summed E-state index contributed by atoms with van der Waals surface area (Å²) in [6, 6.07) is 0. The van der Waals surface area contributed by atoms with Gasteiger partial charge in [0.25, 0.3) is 0 Å². The third kappa shape index (κ3) is 3.53. The number of hydrogen-bond acceptors (Lipinski definition) is 1. The summed E-state index contributed by atoms with van der Waals surface area (Å²) in [5.41, 5.74) is 0.485. The van der Waals surface area contributed by atoms with Gasteiger partial charge in [0.1, 0.15) is 0 Å². The van der Waals surface area contributed by atoms with Gasteiger partial charge in [0.15, 0.2) is 8.32 Å². The van der Waals surface area contributed by atoms with E-state index < -0.39 is 31.8 Å². The Hall–Kier alpha value is 0.568. The predicted molar refractivity (Wildman–Crippen MR) is 127 cm³/mol. The number of rotatable bonds is 4. The van der Waals surface area contributed by atoms with E-state index in [1.54, 1.807) is 5.20 Å². The van der Waals surface area contributed by atoms with E-state index in [2.05, 4.69) is 107 Å². The van der Waals surface area contributed by atoms with Crippen molar-refractivity contribution in [2.45, 2.75) is 105 Å². The van der Waals surface area contributed by atoms with Gasteiger partial charge < -0.3 is 4.12 Å². The van der Waals surface area contributed by atoms with Crippen molar-refractivity contribution in [3.05, 3.63) is 11.3 Å². The topological polar surface area (TPSA) is 9.23 Å². The Morgan fingerprint density at radius 3 is 1.40 bits per heavy atom. The molecule has 0 saturated carbocycles. The van der Waals surface area contributed by atoms with Gasteiger partial charge in [-0.2, -0.15) is 0 Å². The summed E-state index contributed by atoms with van der Waals surface area (Å²) in [5, 5.41) is 1.74. The van der Waals surface area contributed by atoms with Crippen LogP contribution in [0, 0.1) is 10.8 Å². The highest BCUT2D eigenvalue weighted by atomic mass is 29.3. The highest BCUT2D eigenvalue weighted by Crippen LogP contribution is 2.72. The average molecular weight is 415 g/mol. The Balaban J connectivity index is 4.04. The van der Waals surface area contributed by atoms with E-state index in [4.69, 9.17) is 4.12 Å². The Morgan fingerprint density at radius 1 is 0.800 bits per heavy atom. The lowest BCUT2D eigenvalue weighted by Gasteiger charge is -2.73. The van der Waals surface area contributed by atoms with Crippen LogP contribution >= 0.6 is 0 Å². The minimum Gasteiger partial charge on any atom is -0.454 e. The lowest BCUT2D eigenvalue weighted by atomic mass is 9.86. The maximum Gasteiger partial charge on any atom is 0.201 e. The Labute approximate surface area is 163 Å². The minimum absolute atomic E-state index is 0.223. The molecule has 0 bridgehead atoms. The first-order valence-electron chi connectivity index (χ1n) is 9.99. The fourth-order valence-corrected chi connectivity index (χ4v) is 45.7. The van der Waals surface area contributed by atoms with Crippen molar-refractivity contribution in [1.29, 1.82) is 0 Å². The third-order valence-corrected chi connectivity index (χ3v) is 32.0. The van der Waals surface area contributed by atoms with E-state index in [0.717, 1.165) is 0 Å². The maximum atomic E-state index is 7.54.